The van der Waals surface area contributed by atoms with Crippen LogP contribution in [0.25, 0.3) is 0 Å². The summed E-state index contributed by atoms with van der Waals surface area (Å²) in [5, 5.41) is 12.5. The maximum Gasteiger partial charge on any atom is 0.253 e. The summed E-state index contributed by atoms with van der Waals surface area (Å²) in [5.74, 6) is 0.316. The first-order valence-electron chi connectivity index (χ1n) is 5.30. The molecular formula is C11H12ClN5O. The highest BCUT2D eigenvalue weighted by Crippen LogP contribution is 2.19. The Labute approximate surface area is 109 Å². The molecule has 1 amide bonds. The molecule has 0 aromatic carbocycles. The Balaban J connectivity index is 2.02. The van der Waals surface area contributed by atoms with Gasteiger partial charge < -0.3 is 10.6 Å². The molecule has 2 aromatic heterocycles. The molecule has 0 atom stereocenters. The topological polar surface area (TPSA) is 82.7 Å². The van der Waals surface area contributed by atoms with Gasteiger partial charge in [-0.3, -0.25) is 9.89 Å². The number of H-pyrrole nitrogens is 1. The van der Waals surface area contributed by atoms with Crippen molar-refractivity contribution in [2.45, 2.75) is 6.54 Å². The van der Waals surface area contributed by atoms with Crippen LogP contribution in [0.1, 0.15) is 15.9 Å². The van der Waals surface area contributed by atoms with Gasteiger partial charge in [-0.2, -0.15) is 5.10 Å². The summed E-state index contributed by atoms with van der Waals surface area (Å²) in [6, 6.07) is 1.57. The van der Waals surface area contributed by atoms with Crippen LogP contribution in [0.3, 0.4) is 0 Å². The number of nitrogens with one attached hydrogen (secondary N) is 3. The van der Waals surface area contributed by atoms with Gasteiger partial charge in [0, 0.05) is 31.5 Å². The standard InChI is InChI=1S/C11H12ClN5O/c1-13-10-9(12)2-8(6-14-10)11(18)15-3-7-4-16-17-5-7/h2,4-6H,3H2,1H3,(H,13,14)(H,15,18)(H,16,17). The molecule has 0 spiro atoms. The molecule has 2 rings (SSSR count). The van der Waals surface area contributed by atoms with E-state index in [1.165, 1.54) is 6.20 Å². The summed E-state index contributed by atoms with van der Waals surface area (Å²) < 4.78 is 0. The fraction of sp³-hybridized carbons (Fsp3) is 0.182. The predicted molar refractivity (Wildman–Crippen MR) is 68.6 cm³/mol. The highest BCUT2D eigenvalue weighted by molar-refractivity contribution is 6.33. The largest absolute Gasteiger partial charge is 0.372 e. The third-order valence-electron chi connectivity index (χ3n) is 2.35. The fourth-order valence-electron chi connectivity index (χ4n) is 1.40. The second kappa shape index (κ2) is 5.50. The van der Waals surface area contributed by atoms with Crippen LogP contribution in [0.5, 0.6) is 0 Å². The van der Waals surface area contributed by atoms with Gasteiger partial charge in [-0.15, -0.1) is 0 Å². The van der Waals surface area contributed by atoms with Crippen LogP contribution >= 0.6 is 11.6 Å². The van der Waals surface area contributed by atoms with E-state index >= 15 is 0 Å². The van der Waals surface area contributed by atoms with Crippen LogP contribution in [0.2, 0.25) is 5.02 Å². The minimum atomic E-state index is -0.228. The van der Waals surface area contributed by atoms with E-state index in [0.717, 1.165) is 5.56 Å². The van der Waals surface area contributed by atoms with Gasteiger partial charge in [0.1, 0.15) is 5.82 Å². The molecule has 0 aliphatic rings. The van der Waals surface area contributed by atoms with Gasteiger partial charge in [0.05, 0.1) is 16.8 Å². The Bertz CT molecular complexity index is 540. The van der Waals surface area contributed by atoms with Crippen molar-refractivity contribution in [3.8, 4) is 0 Å². The zero-order chi connectivity index (χ0) is 13.0. The minimum absolute atomic E-state index is 0.228. The first kappa shape index (κ1) is 12.4. The van der Waals surface area contributed by atoms with Crippen LogP contribution in [-0.2, 0) is 6.54 Å². The molecule has 6 nitrogen and oxygen atoms in total. The second-order valence-corrected chi connectivity index (χ2v) is 4.00. The number of anilines is 1. The number of hydrogen-bond acceptors (Lipinski definition) is 4. The van der Waals surface area contributed by atoms with Crippen molar-refractivity contribution in [1.29, 1.82) is 0 Å². The van der Waals surface area contributed by atoms with E-state index in [2.05, 4.69) is 25.8 Å². The number of rotatable bonds is 4. The SMILES string of the molecule is CNc1ncc(C(=O)NCc2cn[nH]c2)cc1Cl. The maximum atomic E-state index is 11.8. The lowest BCUT2D eigenvalue weighted by molar-refractivity contribution is 0.0950. The maximum absolute atomic E-state index is 11.8. The van der Waals surface area contributed by atoms with Gasteiger partial charge in [0.15, 0.2) is 0 Å². The number of nitrogens with zero attached hydrogens (tertiary/aromatic N) is 2. The average molecular weight is 266 g/mol. The number of aromatic amines is 1. The Morgan fingerprint density at radius 1 is 1.50 bits per heavy atom. The van der Waals surface area contributed by atoms with Gasteiger partial charge >= 0.3 is 0 Å². The molecule has 18 heavy (non-hydrogen) atoms. The van der Waals surface area contributed by atoms with Crippen LogP contribution in [0.4, 0.5) is 5.82 Å². The number of aromatic nitrogens is 3. The van der Waals surface area contributed by atoms with Crippen molar-refractivity contribution < 1.29 is 4.79 Å². The Morgan fingerprint density at radius 3 is 2.94 bits per heavy atom. The minimum Gasteiger partial charge on any atom is -0.372 e. The van der Waals surface area contributed by atoms with E-state index < -0.39 is 0 Å². The van der Waals surface area contributed by atoms with Crippen molar-refractivity contribution in [3.63, 3.8) is 0 Å². The lowest BCUT2D eigenvalue weighted by atomic mass is 10.2. The zero-order valence-electron chi connectivity index (χ0n) is 9.70. The number of carbonyl (C=O) groups excluding carboxylic acids is 1. The van der Waals surface area contributed by atoms with Crippen molar-refractivity contribution in [2.75, 3.05) is 12.4 Å². The summed E-state index contributed by atoms with van der Waals surface area (Å²) in [6.07, 6.45) is 4.84. The normalized spacial score (nSPS) is 10.1. The van der Waals surface area contributed by atoms with E-state index in [1.807, 2.05) is 0 Å². The third kappa shape index (κ3) is 2.78. The van der Waals surface area contributed by atoms with E-state index in [1.54, 1.807) is 25.5 Å². The highest BCUT2D eigenvalue weighted by atomic mass is 35.5. The van der Waals surface area contributed by atoms with Crippen molar-refractivity contribution >= 4 is 23.3 Å². The van der Waals surface area contributed by atoms with E-state index in [9.17, 15) is 4.79 Å². The predicted octanol–water partition coefficient (Wildman–Crippen LogP) is 1.43. The molecule has 0 saturated heterocycles. The smallest absolute Gasteiger partial charge is 0.253 e. The fourth-order valence-corrected chi connectivity index (χ4v) is 1.67. The lowest BCUT2D eigenvalue weighted by Gasteiger charge is -2.06. The van der Waals surface area contributed by atoms with Crippen LogP contribution in [0, 0.1) is 0 Å². The number of pyridine rings is 1. The van der Waals surface area contributed by atoms with Crippen molar-refractivity contribution in [3.05, 3.63) is 40.8 Å². The molecule has 0 radical (unpaired) electrons. The van der Waals surface area contributed by atoms with E-state index in [4.69, 9.17) is 11.6 Å². The first-order valence-corrected chi connectivity index (χ1v) is 5.67. The summed E-state index contributed by atoms with van der Waals surface area (Å²) in [7, 11) is 1.72. The zero-order valence-corrected chi connectivity index (χ0v) is 10.5. The number of hydrogen-bond donors (Lipinski definition) is 3. The molecule has 0 saturated carbocycles. The lowest BCUT2D eigenvalue weighted by Crippen LogP contribution is -2.22. The van der Waals surface area contributed by atoms with Gasteiger partial charge in [-0.25, -0.2) is 4.98 Å². The Kier molecular flexibility index (Phi) is 3.78. The van der Waals surface area contributed by atoms with Crippen molar-refractivity contribution in [2.24, 2.45) is 0 Å². The van der Waals surface area contributed by atoms with E-state index in [-0.39, 0.29) is 5.91 Å². The third-order valence-corrected chi connectivity index (χ3v) is 2.64. The first-order chi connectivity index (χ1) is 8.70. The molecule has 0 unspecified atom stereocenters. The van der Waals surface area contributed by atoms with Gasteiger partial charge in [-0.1, -0.05) is 11.6 Å². The molecule has 0 aliphatic carbocycles. The van der Waals surface area contributed by atoms with Crippen LogP contribution in [-0.4, -0.2) is 28.1 Å². The van der Waals surface area contributed by atoms with Crippen LogP contribution in [0.15, 0.2) is 24.7 Å². The van der Waals surface area contributed by atoms with Crippen molar-refractivity contribution in [1.82, 2.24) is 20.5 Å². The highest BCUT2D eigenvalue weighted by Gasteiger charge is 2.09. The molecule has 2 heterocycles. The summed E-state index contributed by atoms with van der Waals surface area (Å²) in [4.78, 5) is 15.9. The quantitative estimate of drug-likeness (QED) is 0.781. The Morgan fingerprint density at radius 2 is 2.33 bits per heavy atom. The second-order valence-electron chi connectivity index (χ2n) is 3.59. The molecule has 0 bridgehead atoms. The summed E-state index contributed by atoms with van der Waals surface area (Å²) in [5.41, 5.74) is 1.32. The molecule has 94 valence electrons. The van der Waals surface area contributed by atoms with Gasteiger partial charge in [0.2, 0.25) is 0 Å². The molecular weight excluding hydrogens is 254 g/mol. The molecule has 0 aliphatic heterocycles. The molecule has 7 heteroatoms. The molecule has 0 fully saturated rings. The summed E-state index contributed by atoms with van der Waals surface area (Å²) >= 11 is 5.95. The summed E-state index contributed by atoms with van der Waals surface area (Å²) in [6.45, 7) is 0.404. The monoisotopic (exact) mass is 265 g/mol. The number of carbonyl (C=O) groups is 1. The number of amides is 1. The number of halogens is 1. The van der Waals surface area contributed by atoms with Gasteiger partial charge in [-0.05, 0) is 6.07 Å². The Hall–Kier alpha value is -2.08. The van der Waals surface area contributed by atoms with Gasteiger partial charge in [0.25, 0.3) is 5.91 Å². The van der Waals surface area contributed by atoms with E-state index in [0.29, 0.717) is 22.9 Å². The van der Waals surface area contributed by atoms with Crippen LogP contribution < -0.4 is 10.6 Å². The molecule has 3 N–H and O–H groups in total. The average Bonchev–Trinajstić information content (AvgIpc) is 2.89. The molecule has 2 aromatic rings.